The number of nitrogens with two attached hydrogens (primary N) is 1. The monoisotopic (exact) mass is 232 g/mol. The van der Waals surface area contributed by atoms with E-state index in [1.807, 2.05) is 0 Å². The Morgan fingerprint density at radius 1 is 1.40 bits per heavy atom. The quantitative estimate of drug-likeness (QED) is 0.648. The summed E-state index contributed by atoms with van der Waals surface area (Å²) in [6, 6.07) is 0.942. The Hall–Kier alpha value is -0.190. The first-order valence-corrected chi connectivity index (χ1v) is 5.96. The Morgan fingerprint density at radius 2 is 2.00 bits per heavy atom. The predicted molar refractivity (Wildman–Crippen MR) is 69.2 cm³/mol. The molecule has 0 heterocycles. The van der Waals surface area contributed by atoms with Gasteiger partial charge in [-0.25, -0.2) is 0 Å². The summed E-state index contributed by atoms with van der Waals surface area (Å²) in [5.74, 6) is 0. The average molecular weight is 232 g/mol. The van der Waals surface area contributed by atoms with Crippen molar-refractivity contribution >= 4 is 17.2 Å². The summed E-state index contributed by atoms with van der Waals surface area (Å²) in [6.07, 6.45) is 1.91. The Bertz CT molecular complexity index is 187. The minimum atomic E-state index is 0.396. The van der Waals surface area contributed by atoms with Crippen molar-refractivity contribution in [2.45, 2.75) is 45.7 Å². The van der Waals surface area contributed by atoms with E-state index in [2.05, 4.69) is 25.7 Å². The third-order valence-corrected chi connectivity index (χ3v) is 2.94. The van der Waals surface area contributed by atoms with Crippen LogP contribution >= 0.6 is 12.2 Å². The second-order valence-corrected chi connectivity index (χ2v) is 4.53. The molecule has 4 heteroatoms. The maximum Gasteiger partial charge on any atom is 0.0742 e. The molecule has 0 aliphatic carbocycles. The molecule has 2 atom stereocenters. The van der Waals surface area contributed by atoms with E-state index in [0.29, 0.717) is 17.1 Å². The van der Waals surface area contributed by atoms with Crippen LogP contribution < -0.4 is 5.73 Å². The molecule has 0 amide bonds. The molecule has 2 N–H and O–H groups in total. The van der Waals surface area contributed by atoms with E-state index in [4.69, 9.17) is 22.7 Å². The van der Waals surface area contributed by atoms with Crippen molar-refractivity contribution in [1.82, 2.24) is 4.90 Å². The average Bonchev–Trinajstić information content (AvgIpc) is 2.16. The van der Waals surface area contributed by atoms with Gasteiger partial charge in [-0.1, -0.05) is 19.1 Å². The fourth-order valence-corrected chi connectivity index (χ4v) is 1.96. The summed E-state index contributed by atoms with van der Waals surface area (Å²) in [7, 11) is 1.73. The van der Waals surface area contributed by atoms with Gasteiger partial charge in [0.2, 0.25) is 0 Å². The SMILES string of the molecule is CCC(C)N(CCOC)C(C)CC(N)=S. The van der Waals surface area contributed by atoms with Crippen molar-refractivity contribution in [2.75, 3.05) is 20.3 Å². The molecule has 0 saturated heterocycles. The van der Waals surface area contributed by atoms with Crippen molar-refractivity contribution < 1.29 is 4.74 Å². The van der Waals surface area contributed by atoms with Gasteiger partial charge in [-0.2, -0.15) is 0 Å². The summed E-state index contributed by atoms with van der Waals surface area (Å²) >= 11 is 4.95. The highest BCUT2D eigenvalue weighted by atomic mass is 32.1. The van der Waals surface area contributed by atoms with Gasteiger partial charge in [0.15, 0.2) is 0 Å². The molecule has 15 heavy (non-hydrogen) atoms. The lowest BCUT2D eigenvalue weighted by atomic mass is 10.1. The van der Waals surface area contributed by atoms with Gasteiger partial charge in [0.1, 0.15) is 0 Å². The highest BCUT2D eigenvalue weighted by molar-refractivity contribution is 7.80. The lowest BCUT2D eigenvalue weighted by molar-refractivity contribution is 0.0964. The van der Waals surface area contributed by atoms with Crippen LogP contribution in [0.2, 0.25) is 0 Å². The van der Waals surface area contributed by atoms with E-state index in [-0.39, 0.29) is 0 Å². The Morgan fingerprint density at radius 3 is 2.40 bits per heavy atom. The smallest absolute Gasteiger partial charge is 0.0742 e. The predicted octanol–water partition coefficient (Wildman–Crippen LogP) is 1.80. The van der Waals surface area contributed by atoms with Crippen LogP contribution in [0.5, 0.6) is 0 Å². The van der Waals surface area contributed by atoms with Gasteiger partial charge in [0.25, 0.3) is 0 Å². The minimum Gasteiger partial charge on any atom is -0.393 e. The summed E-state index contributed by atoms with van der Waals surface area (Å²) in [5, 5.41) is 0. The summed E-state index contributed by atoms with van der Waals surface area (Å²) in [5.41, 5.74) is 5.57. The zero-order valence-corrected chi connectivity index (χ0v) is 11.1. The third-order valence-electron chi connectivity index (χ3n) is 2.77. The van der Waals surface area contributed by atoms with Gasteiger partial charge in [-0.05, 0) is 20.3 Å². The van der Waals surface area contributed by atoms with Gasteiger partial charge >= 0.3 is 0 Å². The largest absolute Gasteiger partial charge is 0.393 e. The lowest BCUT2D eigenvalue weighted by Gasteiger charge is -2.33. The van der Waals surface area contributed by atoms with Crippen LogP contribution in [-0.4, -0.2) is 42.2 Å². The fraction of sp³-hybridized carbons (Fsp3) is 0.909. The molecule has 0 radical (unpaired) electrons. The van der Waals surface area contributed by atoms with Crippen molar-refractivity contribution in [2.24, 2.45) is 5.73 Å². The standard InChI is InChI=1S/C11H24N2OS/c1-5-9(2)13(6-7-14-4)10(3)8-11(12)15/h9-10H,5-8H2,1-4H3,(H2,12,15). The second-order valence-electron chi connectivity index (χ2n) is 4.01. The van der Waals surface area contributed by atoms with Crippen LogP contribution in [0.3, 0.4) is 0 Å². The molecule has 0 bridgehead atoms. The van der Waals surface area contributed by atoms with Crippen molar-refractivity contribution in [3.05, 3.63) is 0 Å². The van der Waals surface area contributed by atoms with E-state index in [1.54, 1.807) is 7.11 Å². The normalized spacial score (nSPS) is 15.3. The van der Waals surface area contributed by atoms with E-state index in [1.165, 1.54) is 0 Å². The van der Waals surface area contributed by atoms with Crippen LogP contribution in [0.4, 0.5) is 0 Å². The molecule has 0 fully saturated rings. The molecule has 3 nitrogen and oxygen atoms in total. The topological polar surface area (TPSA) is 38.5 Å². The van der Waals surface area contributed by atoms with Crippen molar-refractivity contribution in [3.63, 3.8) is 0 Å². The molecule has 0 aliphatic rings. The first kappa shape index (κ1) is 14.8. The Labute approximate surface area is 99.0 Å². The maximum absolute atomic E-state index is 5.57. The Kier molecular flexibility index (Phi) is 7.92. The first-order chi connectivity index (χ1) is 7.02. The molecule has 0 spiro atoms. The maximum atomic E-state index is 5.57. The lowest BCUT2D eigenvalue weighted by Crippen LogP contribution is -2.43. The second kappa shape index (κ2) is 8.02. The molecule has 0 aromatic carbocycles. The number of thiocarbonyl (C=S) groups is 1. The number of ether oxygens (including phenoxy) is 1. The van der Waals surface area contributed by atoms with E-state index < -0.39 is 0 Å². The van der Waals surface area contributed by atoms with Crippen molar-refractivity contribution in [3.8, 4) is 0 Å². The third kappa shape index (κ3) is 6.07. The molecule has 0 saturated carbocycles. The van der Waals surface area contributed by atoms with E-state index >= 15 is 0 Å². The van der Waals surface area contributed by atoms with Crippen LogP contribution in [-0.2, 0) is 4.74 Å². The zero-order valence-electron chi connectivity index (χ0n) is 10.3. The zero-order chi connectivity index (χ0) is 11.8. The fourth-order valence-electron chi connectivity index (χ4n) is 1.71. The minimum absolute atomic E-state index is 0.396. The van der Waals surface area contributed by atoms with Gasteiger partial charge in [0, 0.05) is 32.2 Å². The first-order valence-electron chi connectivity index (χ1n) is 5.55. The van der Waals surface area contributed by atoms with Gasteiger partial charge in [-0.15, -0.1) is 0 Å². The highest BCUT2D eigenvalue weighted by Gasteiger charge is 2.18. The molecule has 0 aliphatic heterocycles. The van der Waals surface area contributed by atoms with Crippen LogP contribution in [0.1, 0.15) is 33.6 Å². The van der Waals surface area contributed by atoms with Gasteiger partial charge < -0.3 is 10.5 Å². The number of hydrogen-bond acceptors (Lipinski definition) is 3. The van der Waals surface area contributed by atoms with E-state index in [9.17, 15) is 0 Å². The molecule has 0 aromatic rings. The number of methoxy groups -OCH3 is 1. The van der Waals surface area contributed by atoms with Gasteiger partial charge in [0.05, 0.1) is 11.6 Å². The summed E-state index contributed by atoms with van der Waals surface area (Å²) < 4.78 is 5.12. The number of rotatable bonds is 8. The molecule has 0 rings (SSSR count). The van der Waals surface area contributed by atoms with Crippen LogP contribution in [0.15, 0.2) is 0 Å². The number of nitrogens with zero attached hydrogens (tertiary/aromatic N) is 1. The van der Waals surface area contributed by atoms with Crippen molar-refractivity contribution in [1.29, 1.82) is 0 Å². The summed E-state index contributed by atoms with van der Waals surface area (Å²) in [4.78, 5) is 3.00. The molecular weight excluding hydrogens is 208 g/mol. The highest BCUT2D eigenvalue weighted by Crippen LogP contribution is 2.11. The van der Waals surface area contributed by atoms with Crippen LogP contribution in [0, 0.1) is 0 Å². The van der Waals surface area contributed by atoms with Gasteiger partial charge in [-0.3, -0.25) is 4.90 Å². The van der Waals surface area contributed by atoms with Crippen LogP contribution in [0.25, 0.3) is 0 Å². The molecule has 2 unspecified atom stereocenters. The molecule has 90 valence electrons. The van der Waals surface area contributed by atoms with E-state index in [0.717, 1.165) is 26.0 Å². The number of hydrogen-bond donors (Lipinski definition) is 1. The summed E-state index contributed by atoms with van der Waals surface area (Å²) in [6.45, 7) is 8.28. The molecular formula is C11H24N2OS. The Balaban J connectivity index is 4.25. The molecule has 0 aromatic heterocycles.